The molecule has 0 spiro atoms. The van der Waals surface area contributed by atoms with E-state index in [2.05, 4.69) is 9.97 Å². The first kappa shape index (κ1) is 11.7. The molecule has 0 radical (unpaired) electrons. The summed E-state index contributed by atoms with van der Waals surface area (Å²) in [6.07, 6.45) is 1.64. The average Bonchev–Trinajstić information content (AvgIpc) is 2.46. The molecular weight excluding hydrogens is 241 g/mol. The van der Waals surface area contributed by atoms with Crippen LogP contribution in [0.25, 0.3) is 11.0 Å². The van der Waals surface area contributed by atoms with Crippen molar-refractivity contribution in [3.63, 3.8) is 0 Å². The summed E-state index contributed by atoms with van der Waals surface area (Å²) in [5.41, 5.74) is 9.02. The van der Waals surface area contributed by atoms with Crippen LogP contribution >= 0.6 is 0 Å². The second-order valence-electron chi connectivity index (χ2n) is 4.32. The van der Waals surface area contributed by atoms with Gasteiger partial charge in [0, 0.05) is 0 Å². The Labute approximate surface area is 109 Å². The zero-order valence-corrected chi connectivity index (χ0v) is 10.1. The van der Waals surface area contributed by atoms with Crippen LogP contribution in [-0.2, 0) is 0 Å². The summed E-state index contributed by atoms with van der Waals surface area (Å²) < 4.78 is 13.2. The Morgan fingerprint density at radius 3 is 2.58 bits per heavy atom. The molecule has 0 bridgehead atoms. The predicted octanol–water partition coefficient (Wildman–Crippen LogP) is 2.82. The maximum absolute atomic E-state index is 13.2. The topological polar surface area (TPSA) is 51.8 Å². The van der Waals surface area contributed by atoms with Gasteiger partial charge in [-0.3, -0.25) is 4.98 Å². The Hall–Kier alpha value is -2.33. The van der Waals surface area contributed by atoms with E-state index in [1.807, 2.05) is 24.3 Å². The number of fused-ring (bicyclic) bond motifs is 1. The van der Waals surface area contributed by atoms with Crippen molar-refractivity contribution in [1.29, 1.82) is 0 Å². The van der Waals surface area contributed by atoms with Crippen molar-refractivity contribution in [3.8, 4) is 0 Å². The van der Waals surface area contributed by atoms with Crippen LogP contribution in [0.4, 0.5) is 4.39 Å². The lowest BCUT2D eigenvalue weighted by molar-refractivity contribution is 0.623. The lowest BCUT2D eigenvalue weighted by Crippen LogP contribution is -2.14. The van der Waals surface area contributed by atoms with Crippen molar-refractivity contribution in [3.05, 3.63) is 71.8 Å². The number of hydrogen-bond donors (Lipinski definition) is 1. The first-order valence-electron chi connectivity index (χ1n) is 5.97. The largest absolute Gasteiger partial charge is 0.319 e. The molecule has 0 saturated carbocycles. The molecule has 3 aromatic rings. The van der Waals surface area contributed by atoms with Gasteiger partial charge in [-0.05, 0) is 29.8 Å². The molecule has 0 saturated heterocycles. The van der Waals surface area contributed by atoms with Crippen LogP contribution in [0.5, 0.6) is 0 Å². The van der Waals surface area contributed by atoms with Crippen LogP contribution in [0.2, 0.25) is 0 Å². The summed E-state index contributed by atoms with van der Waals surface area (Å²) in [5, 5.41) is 0. The third kappa shape index (κ3) is 2.30. The average molecular weight is 253 g/mol. The summed E-state index contributed by atoms with van der Waals surface area (Å²) in [6, 6.07) is 13.3. The molecule has 0 aliphatic carbocycles. The molecule has 0 fully saturated rings. The monoisotopic (exact) mass is 253 g/mol. The van der Waals surface area contributed by atoms with E-state index in [-0.39, 0.29) is 5.82 Å². The van der Waals surface area contributed by atoms with Crippen molar-refractivity contribution in [1.82, 2.24) is 9.97 Å². The maximum atomic E-state index is 13.2. The zero-order valence-electron chi connectivity index (χ0n) is 10.1. The van der Waals surface area contributed by atoms with E-state index in [1.54, 1.807) is 18.3 Å². The minimum absolute atomic E-state index is 0.304. The molecule has 3 nitrogen and oxygen atoms in total. The van der Waals surface area contributed by atoms with Gasteiger partial charge in [0.1, 0.15) is 5.82 Å². The van der Waals surface area contributed by atoms with Crippen LogP contribution in [0.1, 0.15) is 17.3 Å². The van der Waals surface area contributed by atoms with Gasteiger partial charge in [0.15, 0.2) is 0 Å². The van der Waals surface area contributed by atoms with Gasteiger partial charge in [-0.25, -0.2) is 9.37 Å². The zero-order chi connectivity index (χ0) is 13.2. The van der Waals surface area contributed by atoms with Crippen LogP contribution in [0.3, 0.4) is 0 Å². The van der Waals surface area contributed by atoms with Crippen LogP contribution in [0.15, 0.2) is 54.7 Å². The van der Waals surface area contributed by atoms with E-state index in [4.69, 9.17) is 5.73 Å². The maximum Gasteiger partial charge on any atom is 0.123 e. The van der Waals surface area contributed by atoms with Gasteiger partial charge in [-0.15, -0.1) is 0 Å². The third-order valence-corrected chi connectivity index (χ3v) is 2.99. The van der Waals surface area contributed by atoms with Crippen molar-refractivity contribution in [2.75, 3.05) is 0 Å². The Bertz CT molecular complexity index is 727. The highest BCUT2D eigenvalue weighted by Crippen LogP contribution is 2.19. The molecule has 3 rings (SSSR count). The molecule has 1 aromatic heterocycles. The van der Waals surface area contributed by atoms with Gasteiger partial charge in [-0.2, -0.15) is 0 Å². The van der Waals surface area contributed by atoms with Gasteiger partial charge in [0.2, 0.25) is 0 Å². The second-order valence-corrected chi connectivity index (χ2v) is 4.32. The highest BCUT2D eigenvalue weighted by Gasteiger charge is 2.12. The summed E-state index contributed by atoms with van der Waals surface area (Å²) in [6.45, 7) is 0. The fourth-order valence-corrected chi connectivity index (χ4v) is 1.99. The van der Waals surface area contributed by atoms with E-state index in [1.165, 1.54) is 12.1 Å². The number of nitrogens with zero attached hydrogens (tertiary/aromatic N) is 2. The van der Waals surface area contributed by atoms with Crippen molar-refractivity contribution in [2.24, 2.45) is 5.73 Å². The molecule has 19 heavy (non-hydrogen) atoms. The van der Waals surface area contributed by atoms with Gasteiger partial charge >= 0.3 is 0 Å². The first-order valence-corrected chi connectivity index (χ1v) is 5.97. The number of hydrogen-bond acceptors (Lipinski definition) is 3. The lowest BCUT2D eigenvalue weighted by atomic mass is 10.0. The standard InChI is InChI=1S/C15H12FN3/c16-11-5-3-4-10(8-11)15(17)14-9-18-12-6-1-2-7-13(12)19-14/h1-9,15H,17H2. The van der Waals surface area contributed by atoms with Crippen molar-refractivity contribution >= 4 is 11.0 Å². The minimum Gasteiger partial charge on any atom is -0.319 e. The molecule has 0 aliphatic rings. The summed E-state index contributed by atoms with van der Waals surface area (Å²) in [5.74, 6) is -0.304. The molecule has 94 valence electrons. The Morgan fingerprint density at radius 1 is 1.00 bits per heavy atom. The Morgan fingerprint density at radius 2 is 1.79 bits per heavy atom. The van der Waals surface area contributed by atoms with E-state index in [9.17, 15) is 4.39 Å². The number of benzene rings is 2. The molecule has 2 aromatic carbocycles. The Kier molecular flexibility index (Phi) is 2.93. The van der Waals surface area contributed by atoms with Gasteiger partial charge in [-0.1, -0.05) is 24.3 Å². The highest BCUT2D eigenvalue weighted by molar-refractivity contribution is 5.73. The minimum atomic E-state index is -0.479. The van der Waals surface area contributed by atoms with Gasteiger partial charge in [0.25, 0.3) is 0 Å². The number of aromatic nitrogens is 2. The summed E-state index contributed by atoms with van der Waals surface area (Å²) in [7, 11) is 0. The number of halogens is 1. The molecule has 1 unspecified atom stereocenters. The van der Waals surface area contributed by atoms with E-state index in [0.29, 0.717) is 11.3 Å². The van der Waals surface area contributed by atoms with E-state index >= 15 is 0 Å². The second kappa shape index (κ2) is 4.74. The fraction of sp³-hybridized carbons (Fsp3) is 0.0667. The molecule has 4 heteroatoms. The van der Waals surface area contributed by atoms with E-state index in [0.717, 1.165) is 11.0 Å². The quantitative estimate of drug-likeness (QED) is 0.764. The molecule has 0 amide bonds. The molecule has 0 aliphatic heterocycles. The predicted molar refractivity (Wildman–Crippen MR) is 72.0 cm³/mol. The number of para-hydroxylation sites is 2. The van der Waals surface area contributed by atoms with Crippen LogP contribution in [0, 0.1) is 5.82 Å². The summed E-state index contributed by atoms with van der Waals surface area (Å²) in [4.78, 5) is 8.79. The molecular formula is C15H12FN3. The van der Waals surface area contributed by atoms with E-state index < -0.39 is 6.04 Å². The number of nitrogens with two attached hydrogens (primary N) is 1. The lowest BCUT2D eigenvalue weighted by Gasteiger charge is -2.11. The smallest absolute Gasteiger partial charge is 0.123 e. The SMILES string of the molecule is NC(c1cccc(F)c1)c1cnc2ccccc2n1. The normalized spacial score (nSPS) is 12.5. The third-order valence-electron chi connectivity index (χ3n) is 2.99. The number of rotatable bonds is 2. The van der Waals surface area contributed by atoms with Crippen LogP contribution < -0.4 is 5.73 Å². The molecule has 1 heterocycles. The highest BCUT2D eigenvalue weighted by atomic mass is 19.1. The van der Waals surface area contributed by atoms with Crippen molar-refractivity contribution < 1.29 is 4.39 Å². The Balaban J connectivity index is 2.04. The van der Waals surface area contributed by atoms with Gasteiger partial charge < -0.3 is 5.73 Å². The van der Waals surface area contributed by atoms with Gasteiger partial charge in [0.05, 0.1) is 29.0 Å². The molecule has 2 N–H and O–H groups in total. The summed E-state index contributed by atoms with van der Waals surface area (Å²) >= 11 is 0. The molecule has 1 atom stereocenters. The fourth-order valence-electron chi connectivity index (χ4n) is 1.99. The van der Waals surface area contributed by atoms with Crippen molar-refractivity contribution in [2.45, 2.75) is 6.04 Å². The van der Waals surface area contributed by atoms with Crippen LogP contribution in [-0.4, -0.2) is 9.97 Å². The first-order chi connectivity index (χ1) is 9.24.